The molecule has 6 rings (SSSR count). The van der Waals surface area contributed by atoms with Gasteiger partial charge in [-0.05, 0) is 49.1 Å². The second kappa shape index (κ2) is 13.1. The van der Waals surface area contributed by atoms with Crippen LogP contribution < -0.4 is 25.2 Å². The van der Waals surface area contributed by atoms with Crippen molar-refractivity contribution in [1.82, 2.24) is 30.0 Å². The number of pyridine rings is 1. The predicted octanol–water partition coefficient (Wildman–Crippen LogP) is 2.91. The maximum Gasteiger partial charge on any atom is 0.272 e. The van der Waals surface area contributed by atoms with Crippen molar-refractivity contribution < 1.29 is 24.0 Å². The number of fused-ring (bicyclic) bond motifs is 1. The minimum Gasteiger partial charge on any atom is -0.497 e. The number of hydroxylamine groups is 2. The molecule has 2 aliphatic heterocycles. The average molecular weight is 624 g/mol. The summed E-state index contributed by atoms with van der Waals surface area (Å²) in [5.41, 5.74) is 3.11. The monoisotopic (exact) mass is 623 g/mol. The van der Waals surface area contributed by atoms with Gasteiger partial charge in [-0.25, -0.2) is 29.1 Å². The normalized spacial score (nSPS) is 16.3. The molecule has 2 aliphatic rings. The Morgan fingerprint density at radius 3 is 2.72 bits per heavy atom. The van der Waals surface area contributed by atoms with Gasteiger partial charge in [0.2, 0.25) is 0 Å². The van der Waals surface area contributed by atoms with E-state index in [-0.39, 0.29) is 18.0 Å². The number of rotatable bonds is 9. The maximum absolute atomic E-state index is 13.5. The van der Waals surface area contributed by atoms with Crippen LogP contribution in [0.4, 0.5) is 23.1 Å². The molecule has 1 amide bonds. The van der Waals surface area contributed by atoms with Crippen molar-refractivity contribution in [1.29, 1.82) is 0 Å². The van der Waals surface area contributed by atoms with Crippen LogP contribution in [0.25, 0.3) is 5.65 Å². The van der Waals surface area contributed by atoms with Gasteiger partial charge in [-0.3, -0.25) is 9.63 Å². The van der Waals surface area contributed by atoms with Crippen molar-refractivity contribution in [2.24, 2.45) is 0 Å². The molecule has 1 atom stereocenters. The molecule has 5 heterocycles. The highest BCUT2D eigenvalue weighted by Gasteiger charge is 2.31. The quantitative estimate of drug-likeness (QED) is 0.264. The zero-order valence-electron chi connectivity index (χ0n) is 25.7. The number of nitrogens with one attached hydrogen (secondary N) is 2. The highest BCUT2D eigenvalue weighted by molar-refractivity contribution is 5.94. The van der Waals surface area contributed by atoms with Crippen LogP contribution in [-0.2, 0) is 21.0 Å². The zero-order valence-corrected chi connectivity index (χ0v) is 25.7. The van der Waals surface area contributed by atoms with E-state index in [2.05, 4.69) is 21.6 Å². The van der Waals surface area contributed by atoms with Gasteiger partial charge < -0.3 is 25.2 Å². The number of carbonyl (C=O) groups excluding carboxylic acids is 3. The van der Waals surface area contributed by atoms with E-state index >= 15 is 0 Å². The standard InChI is InChI=1S/C32H33N9O5/c1-38(17-21-10-12-23(45-3)13-11-21)25-15-29(35-28-8-6-9-30(36-28)40-14-5-4-7-22(40)18-42)37-41-26(16-33-31(25)41)32(44)34-24-20-46-39(2)27(24)19-43/h6,8-13,15-16,24H,4-5,7,14,17,20H2,1-3H3,(H,34,44)(H,35,36,37)/t24-/m0/s1. The number of amides is 1. The molecule has 0 unspecified atom stereocenters. The second-order valence-corrected chi connectivity index (χ2v) is 11.0. The van der Waals surface area contributed by atoms with E-state index in [9.17, 15) is 14.4 Å². The van der Waals surface area contributed by atoms with Gasteiger partial charge in [-0.15, -0.1) is 5.10 Å². The number of carbonyl (C=O) groups is 1. The molecule has 2 fully saturated rings. The zero-order chi connectivity index (χ0) is 32.2. The molecule has 4 aromatic rings. The molecule has 0 aliphatic carbocycles. The van der Waals surface area contributed by atoms with E-state index in [0.29, 0.717) is 54.0 Å². The van der Waals surface area contributed by atoms with Gasteiger partial charge in [0.05, 0.1) is 19.0 Å². The van der Waals surface area contributed by atoms with E-state index < -0.39 is 11.9 Å². The minimum absolute atomic E-state index is 0.0969. The molecule has 46 heavy (non-hydrogen) atoms. The van der Waals surface area contributed by atoms with Crippen molar-refractivity contribution in [2.45, 2.75) is 31.8 Å². The third kappa shape index (κ3) is 6.13. The number of aromatic nitrogens is 4. The molecule has 0 spiro atoms. The van der Waals surface area contributed by atoms with Crippen molar-refractivity contribution in [3.8, 4) is 5.75 Å². The first-order chi connectivity index (χ1) is 22.4. The molecule has 2 saturated heterocycles. The lowest BCUT2D eigenvalue weighted by atomic mass is 10.1. The van der Waals surface area contributed by atoms with Gasteiger partial charge in [0.15, 0.2) is 17.2 Å². The summed E-state index contributed by atoms with van der Waals surface area (Å²) >= 11 is 0. The fraction of sp³-hybridized carbons (Fsp3) is 0.312. The van der Waals surface area contributed by atoms with E-state index in [4.69, 9.17) is 19.7 Å². The summed E-state index contributed by atoms with van der Waals surface area (Å²) in [4.78, 5) is 55.1. The number of piperidine rings is 1. The molecule has 14 heteroatoms. The fourth-order valence-corrected chi connectivity index (χ4v) is 5.54. The third-order valence-electron chi connectivity index (χ3n) is 7.94. The number of anilines is 4. The Bertz CT molecular complexity index is 1860. The van der Waals surface area contributed by atoms with Gasteiger partial charge >= 0.3 is 0 Å². The Morgan fingerprint density at radius 2 is 1.96 bits per heavy atom. The SMILES string of the molecule is COc1ccc(CN(C)c2cc(Nc3cccc(N4CCCCC4=C=O)n3)nn3c(C(=O)N[C@H]4CON(C)C4=C=O)cnc23)cc1. The molecule has 1 aromatic carbocycles. The third-order valence-corrected chi connectivity index (χ3v) is 7.94. The summed E-state index contributed by atoms with van der Waals surface area (Å²) in [6, 6.07) is 14.4. The minimum atomic E-state index is -0.675. The Labute approximate surface area is 264 Å². The highest BCUT2D eigenvalue weighted by Crippen LogP contribution is 2.29. The Hall–Kier alpha value is -5.68. The van der Waals surface area contributed by atoms with Crippen LogP contribution >= 0.6 is 0 Å². The molecular weight excluding hydrogens is 590 g/mol. The number of hydrogen-bond donors (Lipinski definition) is 2. The van der Waals surface area contributed by atoms with Crippen LogP contribution in [0, 0.1) is 0 Å². The van der Waals surface area contributed by atoms with Crippen LogP contribution in [-0.4, -0.2) is 82.8 Å². The van der Waals surface area contributed by atoms with Crippen LogP contribution in [0.1, 0.15) is 35.3 Å². The number of imidazole rings is 1. The highest BCUT2D eigenvalue weighted by atomic mass is 16.7. The number of methoxy groups -OCH3 is 1. The Balaban J connectivity index is 1.35. The second-order valence-electron chi connectivity index (χ2n) is 11.0. The summed E-state index contributed by atoms with van der Waals surface area (Å²) in [6.45, 7) is 1.31. The fourth-order valence-electron chi connectivity index (χ4n) is 5.54. The predicted molar refractivity (Wildman–Crippen MR) is 170 cm³/mol. The number of allylic oxidation sites excluding steroid dienone is 1. The number of ether oxygens (including phenoxy) is 1. The van der Waals surface area contributed by atoms with Crippen LogP contribution in [0.3, 0.4) is 0 Å². The molecular formula is C32H33N9O5. The van der Waals surface area contributed by atoms with Crippen molar-refractivity contribution in [2.75, 3.05) is 49.5 Å². The Kier molecular flexibility index (Phi) is 8.66. The molecule has 236 valence electrons. The van der Waals surface area contributed by atoms with E-state index in [1.807, 2.05) is 65.3 Å². The lowest BCUT2D eigenvalue weighted by Gasteiger charge is -2.28. The van der Waals surface area contributed by atoms with Gasteiger partial charge in [0.25, 0.3) is 5.91 Å². The van der Waals surface area contributed by atoms with E-state index in [1.165, 1.54) is 15.8 Å². The molecule has 3 aromatic heterocycles. The van der Waals surface area contributed by atoms with Crippen molar-refractivity contribution in [3.05, 3.63) is 77.4 Å². The van der Waals surface area contributed by atoms with E-state index in [0.717, 1.165) is 24.2 Å². The number of benzene rings is 1. The number of likely N-dealkylation sites (N-methyl/N-ethyl adjacent to an activating group) is 1. The van der Waals surface area contributed by atoms with E-state index in [1.54, 1.807) is 20.2 Å². The molecule has 0 radical (unpaired) electrons. The maximum atomic E-state index is 13.5. The molecule has 0 bridgehead atoms. The lowest BCUT2D eigenvalue weighted by Crippen LogP contribution is -2.38. The summed E-state index contributed by atoms with van der Waals surface area (Å²) in [5, 5.41) is 12.1. The largest absolute Gasteiger partial charge is 0.497 e. The van der Waals surface area contributed by atoms with Crippen LogP contribution in [0.15, 0.2) is 66.1 Å². The summed E-state index contributed by atoms with van der Waals surface area (Å²) < 4.78 is 6.76. The average Bonchev–Trinajstić information content (AvgIpc) is 3.67. The van der Waals surface area contributed by atoms with Gasteiger partial charge in [-0.2, -0.15) is 0 Å². The van der Waals surface area contributed by atoms with Crippen molar-refractivity contribution in [3.63, 3.8) is 0 Å². The van der Waals surface area contributed by atoms with Gasteiger partial charge in [-0.1, -0.05) is 18.2 Å². The smallest absolute Gasteiger partial charge is 0.272 e. The van der Waals surface area contributed by atoms with Crippen LogP contribution in [0.2, 0.25) is 0 Å². The summed E-state index contributed by atoms with van der Waals surface area (Å²) in [5.74, 6) is 5.70. The van der Waals surface area contributed by atoms with Gasteiger partial charge in [0, 0.05) is 33.3 Å². The first-order valence-electron chi connectivity index (χ1n) is 14.8. The van der Waals surface area contributed by atoms with Crippen molar-refractivity contribution >= 4 is 46.6 Å². The first kappa shape index (κ1) is 30.4. The topological polar surface area (TPSA) is 147 Å². The summed E-state index contributed by atoms with van der Waals surface area (Å²) in [6.07, 6.45) is 3.99. The molecule has 14 nitrogen and oxygen atoms in total. The first-order valence-corrected chi connectivity index (χ1v) is 14.8. The molecule has 0 saturated carbocycles. The van der Waals surface area contributed by atoms with Crippen LogP contribution in [0.5, 0.6) is 5.75 Å². The molecule has 2 N–H and O–H groups in total. The number of hydrogen-bond acceptors (Lipinski definition) is 12. The Morgan fingerprint density at radius 1 is 1.13 bits per heavy atom. The number of nitrogens with zero attached hydrogens (tertiary/aromatic N) is 7. The van der Waals surface area contributed by atoms with Gasteiger partial charge in [0.1, 0.15) is 53.3 Å². The summed E-state index contributed by atoms with van der Waals surface area (Å²) in [7, 11) is 5.13. The lowest BCUT2D eigenvalue weighted by molar-refractivity contribution is -0.0687.